The van der Waals surface area contributed by atoms with Gasteiger partial charge in [0, 0.05) is 36.9 Å². The van der Waals surface area contributed by atoms with E-state index in [0.717, 1.165) is 42.6 Å². The number of nitrogens with one attached hydrogen (secondary N) is 2. The van der Waals surface area contributed by atoms with Crippen molar-refractivity contribution in [2.45, 2.75) is 50.9 Å². The molecule has 2 saturated heterocycles. The van der Waals surface area contributed by atoms with E-state index in [1.54, 1.807) is 12.1 Å². The predicted molar refractivity (Wildman–Crippen MR) is 120 cm³/mol. The quantitative estimate of drug-likeness (QED) is 0.707. The van der Waals surface area contributed by atoms with Crippen LogP contribution in [0.15, 0.2) is 42.5 Å². The van der Waals surface area contributed by atoms with Crippen molar-refractivity contribution in [2.75, 3.05) is 18.9 Å². The first-order valence-electron chi connectivity index (χ1n) is 11.1. The Bertz CT molecular complexity index is 1070. The zero-order chi connectivity index (χ0) is 23.9. The van der Waals surface area contributed by atoms with Crippen molar-refractivity contribution >= 4 is 17.5 Å². The number of carbonyl (C=O) groups is 2. The van der Waals surface area contributed by atoms with Gasteiger partial charge in [0.1, 0.15) is 0 Å². The van der Waals surface area contributed by atoms with Crippen LogP contribution in [-0.2, 0) is 11.0 Å². The first-order valence-corrected chi connectivity index (χ1v) is 11.1. The van der Waals surface area contributed by atoms with Crippen molar-refractivity contribution in [2.24, 2.45) is 5.92 Å². The Hall–Kier alpha value is -2.87. The van der Waals surface area contributed by atoms with Gasteiger partial charge in [0.2, 0.25) is 5.91 Å². The second-order valence-corrected chi connectivity index (χ2v) is 9.21. The Balaban J connectivity index is 1.56. The minimum atomic E-state index is -4.52. The summed E-state index contributed by atoms with van der Waals surface area (Å²) < 4.78 is 39.0. The summed E-state index contributed by atoms with van der Waals surface area (Å²) >= 11 is 0. The van der Waals surface area contributed by atoms with Crippen LogP contribution >= 0.6 is 0 Å². The number of hydrogen-bond acceptors (Lipinski definition) is 3. The molecule has 2 heterocycles. The van der Waals surface area contributed by atoms with Crippen LogP contribution in [0.5, 0.6) is 0 Å². The maximum absolute atomic E-state index is 13.2. The highest BCUT2D eigenvalue weighted by molar-refractivity contribution is 6.04. The van der Waals surface area contributed by atoms with Gasteiger partial charge in [-0.3, -0.25) is 9.59 Å². The number of aryl methyl sites for hydroxylation is 1. The molecule has 0 aliphatic carbocycles. The van der Waals surface area contributed by atoms with Gasteiger partial charge in [-0.1, -0.05) is 12.1 Å². The van der Waals surface area contributed by atoms with E-state index in [9.17, 15) is 22.8 Å². The van der Waals surface area contributed by atoms with Crippen molar-refractivity contribution < 1.29 is 22.8 Å². The van der Waals surface area contributed by atoms with Crippen molar-refractivity contribution in [3.8, 4) is 0 Å². The number of halogens is 3. The predicted octanol–water partition coefficient (Wildman–Crippen LogP) is 4.58. The third-order valence-corrected chi connectivity index (χ3v) is 6.91. The molecule has 2 aromatic rings. The molecule has 0 radical (unpaired) electrons. The van der Waals surface area contributed by atoms with Gasteiger partial charge >= 0.3 is 6.18 Å². The summed E-state index contributed by atoms with van der Waals surface area (Å²) in [4.78, 5) is 27.7. The second kappa shape index (κ2) is 8.82. The SMILES string of the molecule is Cc1ccc(NC(=O)c2cccc(C(F)(F)F)c2)cc1C1CC2CNC(C)CC2N(C)C1=O. The fourth-order valence-electron chi connectivity index (χ4n) is 5.05. The number of benzene rings is 2. The molecule has 2 fully saturated rings. The number of nitrogens with zero attached hydrogens (tertiary/aromatic N) is 1. The van der Waals surface area contributed by atoms with Crippen molar-refractivity contribution in [3.05, 3.63) is 64.7 Å². The lowest BCUT2D eigenvalue weighted by Crippen LogP contribution is -2.57. The third-order valence-electron chi connectivity index (χ3n) is 6.91. The lowest BCUT2D eigenvalue weighted by Gasteiger charge is -2.47. The van der Waals surface area contributed by atoms with E-state index in [4.69, 9.17) is 0 Å². The number of carbonyl (C=O) groups excluding carboxylic acids is 2. The molecular weight excluding hydrogens is 431 g/mol. The summed E-state index contributed by atoms with van der Waals surface area (Å²) in [5.41, 5.74) is 1.28. The molecule has 0 aromatic heterocycles. The largest absolute Gasteiger partial charge is 0.416 e. The van der Waals surface area contributed by atoms with E-state index in [1.165, 1.54) is 12.1 Å². The molecule has 33 heavy (non-hydrogen) atoms. The Labute approximate surface area is 191 Å². The number of rotatable bonds is 3. The number of likely N-dealkylation sites (tertiary alicyclic amines) is 1. The number of hydrogen-bond donors (Lipinski definition) is 2. The molecule has 2 aliphatic rings. The number of fused-ring (bicyclic) bond motifs is 1. The molecule has 176 valence electrons. The van der Waals surface area contributed by atoms with E-state index in [2.05, 4.69) is 17.6 Å². The zero-order valence-corrected chi connectivity index (χ0v) is 18.9. The molecule has 4 unspecified atom stereocenters. The van der Waals surface area contributed by atoms with Gasteiger partial charge < -0.3 is 15.5 Å². The molecular formula is C25H28F3N3O2. The number of piperidine rings is 2. The van der Waals surface area contributed by atoms with E-state index in [1.807, 2.05) is 24.9 Å². The second-order valence-electron chi connectivity index (χ2n) is 9.21. The fraction of sp³-hybridized carbons (Fsp3) is 0.440. The van der Waals surface area contributed by atoms with Crippen LogP contribution in [-0.4, -0.2) is 42.4 Å². The summed E-state index contributed by atoms with van der Waals surface area (Å²) in [5, 5.41) is 6.19. The van der Waals surface area contributed by atoms with Crippen LogP contribution in [0.25, 0.3) is 0 Å². The zero-order valence-electron chi connectivity index (χ0n) is 18.9. The van der Waals surface area contributed by atoms with Gasteiger partial charge in [-0.25, -0.2) is 0 Å². The average molecular weight is 460 g/mol. The molecule has 0 spiro atoms. The van der Waals surface area contributed by atoms with E-state index in [-0.39, 0.29) is 23.4 Å². The van der Waals surface area contributed by atoms with Crippen LogP contribution in [0.1, 0.15) is 52.7 Å². The summed E-state index contributed by atoms with van der Waals surface area (Å²) in [6.45, 7) is 4.90. The Morgan fingerprint density at radius 3 is 2.64 bits per heavy atom. The van der Waals surface area contributed by atoms with E-state index < -0.39 is 17.6 Å². The fourth-order valence-corrected chi connectivity index (χ4v) is 5.05. The van der Waals surface area contributed by atoms with Gasteiger partial charge in [0.15, 0.2) is 0 Å². The highest BCUT2D eigenvalue weighted by atomic mass is 19.4. The van der Waals surface area contributed by atoms with Crippen molar-refractivity contribution in [1.29, 1.82) is 0 Å². The molecule has 5 nitrogen and oxygen atoms in total. The highest BCUT2D eigenvalue weighted by Crippen LogP contribution is 2.39. The third kappa shape index (κ3) is 4.76. The van der Waals surface area contributed by atoms with Gasteiger partial charge in [-0.15, -0.1) is 0 Å². The van der Waals surface area contributed by atoms with Crippen LogP contribution in [0, 0.1) is 12.8 Å². The molecule has 0 bridgehead atoms. The smallest absolute Gasteiger partial charge is 0.342 e. The van der Waals surface area contributed by atoms with Crippen molar-refractivity contribution in [1.82, 2.24) is 10.2 Å². The van der Waals surface area contributed by atoms with Crippen LogP contribution < -0.4 is 10.6 Å². The first-order chi connectivity index (χ1) is 15.5. The monoisotopic (exact) mass is 459 g/mol. The maximum Gasteiger partial charge on any atom is 0.416 e. The van der Waals surface area contributed by atoms with E-state index >= 15 is 0 Å². The molecule has 2 N–H and O–H groups in total. The van der Waals surface area contributed by atoms with Crippen LogP contribution in [0.3, 0.4) is 0 Å². The molecule has 0 saturated carbocycles. The Morgan fingerprint density at radius 1 is 1.15 bits per heavy atom. The normalized spacial score (nSPS) is 25.5. The van der Waals surface area contributed by atoms with Gasteiger partial charge in [0.25, 0.3) is 5.91 Å². The molecule has 2 aliphatic heterocycles. The summed E-state index contributed by atoms with van der Waals surface area (Å²) in [5.74, 6) is -0.545. The highest BCUT2D eigenvalue weighted by Gasteiger charge is 2.43. The molecule has 8 heteroatoms. The Kier molecular flexibility index (Phi) is 6.22. The maximum atomic E-state index is 13.2. The lowest BCUT2D eigenvalue weighted by molar-refractivity contribution is -0.140. The number of amides is 2. The van der Waals surface area contributed by atoms with Gasteiger partial charge in [-0.05, 0) is 74.1 Å². The van der Waals surface area contributed by atoms with Crippen LogP contribution in [0.4, 0.5) is 18.9 Å². The van der Waals surface area contributed by atoms with Gasteiger partial charge in [0.05, 0.1) is 11.5 Å². The number of anilines is 1. The number of likely N-dealkylation sites (N-methyl/N-ethyl adjacent to an activating group) is 1. The Morgan fingerprint density at radius 2 is 1.91 bits per heavy atom. The number of alkyl halides is 3. The standard InChI is InChI=1S/C25H28F3N3O2/c1-14-7-8-19(30-23(32)16-5-4-6-18(10-16)25(26,27)28)12-20(14)21-11-17-13-29-15(2)9-22(17)31(3)24(21)33/h4-8,10,12,15,17,21-22,29H,9,11,13H2,1-3H3,(H,30,32). The topological polar surface area (TPSA) is 61.4 Å². The summed E-state index contributed by atoms with van der Waals surface area (Å²) in [7, 11) is 1.86. The summed E-state index contributed by atoms with van der Waals surface area (Å²) in [6.07, 6.45) is -2.88. The molecule has 2 aromatic carbocycles. The average Bonchev–Trinajstić information content (AvgIpc) is 2.77. The van der Waals surface area contributed by atoms with Crippen molar-refractivity contribution in [3.63, 3.8) is 0 Å². The minimum Gasteiger partial charge on any atom is -0.342 e. The minimum absolute atomic E-state index is 0.0646. The molecule has 2 amide bonds. The first kappa shape index (κ1) is 23.3. The summed E-state index contributed by atoms with van der Waals surface area (Å²) in [6, 6.07) is 10.2. The lowest BCUT2D eigenvalue weighted by atomic mass is 9.75. The molecule has 4 atom stereocenters. The molecule has 4 rings (SSSR count). The van der Waals surface area contributed by atoms with Crippen LogP contribution in [0.2, 0.25) is 0 Å². The van der Waals surface area contributed by atoms with Gasteiger partial charge in [-0.2, -0.15) is 13.2 Å². The van der Waals surface area contributed by atoms with E-state index in [0.29, 0.717) is 17.6 Å².